The Morgan fingerprint density at radius 2 is 2.00 bits per heavy atom. The molecular formula is C20H20F2N2O3S. The molecule has 8 heteroatoms. The fraction of sp³-hybridized carbons (Fsp3) is 0.400. The molecule has 0 radical (unpaired) electrons. The van der Waals surface area contributed by atoms with Crippen molar-refractivity contribution in [2.24, 2.45) is 5.92 Å². The van der Waals surface area contributed by atoms with Gasteiger partial charge in [0, 0.05) is 30.0 Å². The predicted octanol–water partition coefficient (Wildman–Crippen LogP) is 4.72. The lowest BCUT2D eigenvalue weighted by molar-refractivity contribution is -0.110. The summed E-state index contributed by atoms with van der Waals surface area (Å²) < 4.78 is 57.5. The van der Waals surface area contributed by atoms with E-state index < -0.39 is 15.8 Å². The van der Waals surface area contributed by atoms with Gasteiger partial charge in [-0.25, -0.2) is 17.2 Å². The molecule has 1 aliphatic carbocycles. The van der Waals surface area contributed by atoms with Crippen molar-refractivity contribution in [3.8, 4) is 11.1 Å². The Morgan fingerprint density at radius 1 is 1.25 bits per heavy atom. The van der Waals surface area contributed by atoms with Gasteiger partial charge in [-0.3, -0.25) is 4.98 Å². The number of aryl methyl sites for hydroxylation is 2. The molecule has 0 saturated heterocycles. The van der Waals surface area contributed by atoms with Crippen LogP contribution < -0.4 is 0 Å². The smallest absolute Gasteiger partial charge is 0.248 e. The van der Waals surface area contributed by atoms with Crippen LogP contribution in [0.5, 0.6) is 0 Å². The first kappa shape index (κ1) is 19.0. The molecule has 5 nitrogen and oxygen atoms in total. The average Bonchev–Trinajstić information content (AvgIpc) is 2.95. The minimum absolute atomic E-state index is 0.164. The monoisotopic (exact) mass is 406 g/mol. The number of alkyl halides is 2. The van der Waals surface area contributed by atoms with Gasteiger partial charge < -0.3 is 4.52 Å². The van der Waals surface area contributed by atoms with Crippen LogP contribution in [0.3, 0.4) is 0 Å². The van der Waals surface area contributed by atoms with E-state index in [1.807, 2.05) is 6.07 Å². The number of hydrogen-bond donors (Lipinski definition) is 0. The largest absolute Gasteiger partial charge is 0.361 e. The molecule has 0 unspecified atom stereocenters. The third kappa shape index (κ3) is 3.41. The van der Waals surface area contributed by atoms with Crippen LogP contribution >= 0.6 is 0 Å². The van der Waals surface area contributed by atoms with Gasteiger partial charge in [0.15, 0.2) is 9.84 Å². The number of aromatic nitrogens is 2. The molecule has 1 fully saturated rings. The summed E-state index contributed by atoms with van der Waals surface area (Å²) >= 11 is 0. The summed E-state index contributed by atoms with van der Waals surface area (Å²) in [5, 5.41) is 4.47. The van der Waals surface area contributed by atoms with Crippen molar-refractivity contribution < 1.29 is 21.7 Å². The SMILES string of the molecule is Cc1noc(C)c1-c1cc(S(=O)(=O)CCC2CC(F)(F)C2)c2cccnc2c1. The zero-order chi connectivity index (χ0) is 20.1. The van der Waals surface area contributed by atoms with E-state index in [1.54, 1.807) is 38.2 Å². The van der Waals surface area contributed by atoms with E-state index in [-0.39, 0.29) is 35.8 Å². The average molecular weight is 406 g/mol. The number of sulfone groups is 1. The maximum Gasteiger partial charge on any atom is 0.248 e. The molecule has 1 aliphatic rings. The number of hydrogen-bond acceptors (Lipinski definition) is 5. The fourth-order valence-corrected chi connectivity index (χ4v) is 5.54. The van der Waals surface area contributed by atoms with Gasteiger partial charge >= 0.3 is 0 Å². The number of pyridine rings is 1. The second kappa shape index (κ2) is 6.62. The van der Waals surface area contributed by atoms with Crippen molar-refractivity contribution in [3.05, 3.63) is 41.9 Å². The number of benzene rings is 1. The molecule has 0 aliphatic heterocycles. The molecule has 0 amide bonds. The van der Waals surface area contributed by atoms with Crippen molar-refractivity contribution in [2.45, 2.75) is 43.9 Å². The molecule has 0 N–H and O–H groups in total. The highest BCUT2D eigenvalue weighted by Gasteiger charge is 2.45. The summed E-state index contributed by atoms with van der Waals surface area (Å²) in [6, 6.07) is 6.82. The number of nitrogens with zero attached hydrogens (tertiary/aromatic N) is 2. The Labute approximate surface area is 161 Å². The van der Waals surface area contributed by atoms with E-state index in [0.29, 0.717) is 27.9 Å². The van der Waals surface area contributed by atoms with E-state index in [4.69, 9.17) is 4.52 Å². The maximum atomic E-state index is 13.1. The molecule has 1 aromatic carbocycles. The number of rotatable bonds is 5. The summed E-state index contributed by atoms with van der Waals surface area (Å²) in [7, 11) is -3.67. The second-order valence-electron chi connectivity index (χ2n) is 7.48. The topological polar surface area (TPSA) is 73.1 Å². The minimum atomic E-state index is -3.67. The van der Waals surface area contributed by atoms with Gasteiger partial charge in [0.2, 0.25) is 5.92 Å². The Kier molecular flexibility index (Phi) is 4.49. The number of halogens is 2. The maximum absolute atomic E-state index is 13.1. The van der Waals surface area contributed by atoms with Crippen molar-refractivity contribution in [3.63, 3.8) is 0 Å². The standard InChI is InChI=1S/C20H20F2N2O3S/c1-12-19(13(2)27-24-12)15-8-17-16(4-3-6-23-17)18(9-15)28(25,26)7-5-14-10-20(21,22)11-14/h3-4,6,8-9,14H,5,7,10-11H2,1-2H3. The third-order valence-corrected chi connectivity index (χ3v) is 7.09. The van der Waals surface area contributed by atoms with Crippen molar-refractivity contribution in [2.75, 3.05) is 5.75 Å². The van der Waals surface area contributed by atoms with Crippen LogP contribution in [0.2, 0.25) is 0 Å². The normalized spacial score (nSPS) is 17.0. The quantitative estimate of drug-likeness (QED) is 0.613. The van der Waals surface area contributed by atoms with E-state index in [0.717, 1.165) is 5.56 Å². The van der Waals surface area contributed by atoms with Crippen molar-refractivity contribution in [1.29, 1.82) is 0 Å². The summed E-state index contributed by atoms with van der Waals surface area (Å²) in [6.07, 6.45) is 1.37. The lowest BCUT2D eigenvalue weighted by atomic mass is 9.80. The molecule has 2 aromatic heterocycles. The van der Waals surface area contributed by atoms with E-state index in [9.17, 15) is 17.2 Å². The van der Waals surface area contributed by atoms with Gasteiger partial charge in [-0.05, 0) is 56.0 Å². The molecular weight excluding hydrogens is 386 g/mol. The van der Waals surface area contributed by atoms with E-state index >= 15 is 0 Å². The summed E-state index contributed by atoms with van der Waals surface area (Å²) in [4.78, 5) is 4.48. The predicted molar refractivity (Wildman–Crippen MR) is 101 cm³/mol. The molecule has 0 atom stereocenters. The van der Waals surface area contributed by atoms with Crippen LogP contribution in [0, 0.1) is 19.8 Å². The van der Waals surface area contributed by atoms with Gasteiger partial charge in [0.1, 0.15) is 5.76 Å². The molecule has 2 heterocycles. The fourth-order valence-electron chi connectivity index (χ4n) is 3.87. The molecule has 148 valence electrons. The van der Waals surface area contributed by atoms with E-state index in [2.05, 4.69) is 10.1 Å². The van der Waals surface area contributed by atoms with Crippen molar-refractivity contribution >= 4 is 20.7 Å². The summed E-state index contributed by atoms with van der Waals surface area (Å²) in [5.74, 6) is -2.47. The Bertz CT molecular complexity index is 1130. The van der Waals surface area contributed by atoms with Crippen LogP contribution in [-0.2, 0) is 9.84 Å². The lowest BCUT2D eigenvalue weighted by Gasteiger charge is -2.34. The van der Waals surface area contributed by atoms with E-state index in [1.165, 1.54) is 0 Å². The highest BCUT2D eigenvalue weighted by Crippen LogP contribution is 2.44. The van der Waals surface area contributed by atoms with Gasteiger partial charge in [0.05, 0.1) is 21.9 Å². The second-order valence-corrected chi connectivity index (χ2v) is 9.56. The third-order valence-electron chi connectivity index (χ3n) is 5.31. The Morgan fingerprint density at radius 3 is 2.64 bits per heavy atom. The van der Waals surface area contributed by atoms with Crippen LogP contribution in [0.4, 0.5) is 8.78 Å². The molecule has 0 bridgehead atoms. The summed E-state index contributed by atoms with van der Waals surface area (Å²) in [5.41, 5.74) is 2.61. The Hall–Kier alpha value is -2.35. The van der Waals surface area contributed by atoms with Crippen molar-refractivity contribution in [1.82, 2.24) is 10.1 Å². The first-order valence-electron chi connectivity index (χ1n) is 9.09. The van der Waals surface area contributed by atoms with Crippen LogP contribution in [-0.4, -0.2) is 30.2 Å². The zero-order valence-electron chi connectivity index (χ0n) is 15.6. The van der Waals surface area contributed by atoms with Crippen LogP contribution in [0.25, 0.3) is 22.0 Å². The molecule has 4 rings (SSSR count). The first-order valence-corrected chi connectivity index (χ1v) is 10.7. The van der Waals surface area contributed by atoms with Gasteiger partial charge in [-0.15, -0.1) is 0 Å². The van der Waals surface area contributed by atoms with Crippen LogP contribution in [0.15, 0.2) is 39.9 Å². The number of fused-ring (bicyclic) bond motifs is 1. The lowest BCUT2D eigenvalue weighted by Crippen LogP contribution is -2.36. The first-order chi connectivity index (χ1) is 13.2. The summed E-state index contributed by atoms with van der Waals surface area (Å²) in [6.45, 7) is 3.56. The molecule has 1 saturated carbocycles. The van der Waals surface area contributed by atoms with Gasteiger partial charge in [-0.1, -0.05) is 5.16 Å². The minimum Gasteiger partial charge on any atom is -0.361 e. The Balaban J connectivity index is 1.75. The van der Waals surface area contributed by atoms with Gasteiger partial charge in [-0.2, -0.15) is 0 Å². The molecule has 0 spiro atoms. The highest BCUT2D eigenvalue weighted by molar-refractivity contribution is 7.91. The van der Waals surface area contributed by atoms with Crippen LogP contribution in [0.1, 0.15) is 30.7 Å². The van der Waals surface area contributed by atoms with Gasteiger partial charge in [0.25, 0.3) is 0 Å². The highest BCUT2D eigenvalue weighted by atomic mass is 32.2. The zero-order valence-corrected chi connectivity index (χ0v) is 16.4. The molecule has 3 aromatic rings. The molecule has 28 heavy (non-hydrogen) atoms.